The summed E-state index contributed by atoms with van der Waals surface area (Å²) in [7, 11) is 1.33. The van der Waals surface area contributed by atoms with Gasteiger partial charge >= 0.3 is 5.97 Å². The van der Waals surface area contributed by atoms with Crippen LogP contribution in [0.1, 0.15) is 28.2 Å². The van der Waals surface area contributed by atoms with E-state index < -0.39 is 17.9 Å². The molecule has 1 aliphatic carbocycles. The van der Waals surface area contributed by atoms with Crippen molar-refractivity contribution in [2.24, 2.45) is 0 Å². The molecule has 36 heavy (non-hydrogen) atoms. The summed E-state index contributed by atoms with van der Waals surface area (Å²) >= 11 is 0. The Balaban J connectivity index is 1.34. The zero-order chi connectivity index (χ0) is 24.9. The third kappa shape index (κ3) is 4.86. The lowest BCUT2D eigenvalue weighted by atomic mass is 9.95. The van der Waals surface area contributed by atoms with Gasteiger partial charge in [0.25, 0.3) is 0 Å². The van der Waals surface area contributed by atoms with E-state index in [0.29, 0.717) is 12.4 Å². The van der Waals surface area contributed by atoms with Gasteiger partial charge in [0.1, 0.15) is 18.4 Å². The van der Waals surface area contributed by atoms with E-state index >= 15 is 0 Å². The molecule has 1 N–H and O–H groups in total. The summed E-state index contributed by atoms with van der Waals surface area (Å²) in [6, 6.07) is 32.5. The summed E-state index contributed by atoms with van der Waals surface area (Å²) < 4.78 is 11.0. The summed E-state index contributed by atoms with van der Waals surface area (Å²) in [5.74, 6) is -0.493. The highest BCUT2D eigenvalue weighted by atomic mass is 16.5. The number of carbonyl (C=O) groups excluding carboxylic acids is 2. The van der Waals surface area contributed by atoms with Crippen molar-refractivity contribution < 1.29 is 19.1 Å². The standard InChI is InChI=1S/C31H27NO4/c1-35-31(34)28(19-22-12-9-13-23(18-22)36-20-21-10-3-2-4-11-21)32-30(33)29-26-16-7-5-14-24(26)25-15-6-8-17-27(25)29/h2-18,28-29H,19-20H2,1H3,(H,32,33)/t28-/m0/s1. The lowest BCUT2D eigenvalue weighted by Crippen LogP contribution is -2.45. The predicted molar refractivity (Wildman–Crippen MR) is 139 cm³/mol. The highest BCUT2D eigenvalue weighted by molar-refractivity contribution is 5.97. The van der Waals surface area contributed by atoms with Gasteiger partial charge in [-0.2, -0.15) is 0 Å². The summed E-state index contributed by atoms with van der Waals surface area (Å²) in [5, 5.41) is 2.96. The third-order valence-electron chi connectivity index (χ3n) is 6.48. The summed E-state index contributed by atoms with van der Waals surface area (Å²) in [5.41, 5.74) is 5.91. The molecular formula is C31H27NO4. The van der Waals surface area contributed by atoms with Gasteiger partial charge in [0.2, 0.25) is 5.91 Å². The molecule has 5 nitrogen and oxygen atoms in total. The minimum absolute atomic E-state index is 0.223. The van der Waals surface area contributed by atoms with Crippen LogP contribution in [0, 0.1) is 0 Å². The fourth-order valence-electron chi connectivity index (χ4n) is 4.77. The van der Waals surface area contributed by atoms with Crippen LogP contribution in [0.25, 0.3) is 11.1 Å². The molecule has 5 rings (SSSR count). The van der Waals surface area contributed by atoms with Crippen molar-refractivity contribution in [3.05, 3.63) is 125 Å². The van der Waals surface area contributed by atoms with E-state index in [1.165, 1.54) is 7.11 Å². The number of carbonyl (C=O) groups is 2. The van der Waals surface area contributed by atoms with Gasteiger partial charge in [-0.3, -0.25) is 4.79 Å². The zero-order valence-electron chi connectivity index (χ0n) is 20.0. The van der Waals surface area contributed by atoms with Gasteiger partial charge in [0.15, 0.2) is 0 Å². The van der Waals surface area contributed by atoms with Crippen LogP contribution in [-0.2, 0) is 27.4 Å². The number of methoxy groups -OCH3 is 1. The summed E-state index contributed by atoms with van der Waals surface area (Å²) in [4.78, 5) is 26.3. The summed E-state index contributed by atoms with van der Waals surface area (Å²) in [6.45, 7) is 0.446. The molecule has 0 aliphatic heterocycles. The number of benzene rings is 4. The van der Waals surface area contributed by atoms with E-state index in [4.69, 9.17) is 9.47 Å². The average molecular weight is 478 g/mol. The smallest absolute Gasteiger partial charge is 0.328 e. The van der Waals surface area contributed by atoms with Crippen molar-refractivity contribution in [3.8, 4) is 16.9 Å². The molecule has 180 valence electrons. The fraction of sp³-hybridized carbons (Fsp3) is 0.161. The Morgan fingerprint density at radius 2 is 1.39 bits per heavy atom. The molecule has 0 aromatic heterocycles. The van der Waals surface area contributed by atoms with Crippen LogP contribution < -0.4 is 10.1 Å². The third-order valence-corrected chi connectivity index (χ3v) is 6.48. The quantitative estimate of drug-likeness (QED) is 0.351. The summed E-state index contributed by atoms with van der Waals surface area (Å²) in [6.07, 6.45) is 0.289. The lowest BCUT2D eigenvalue weighted by Gasteiger charge is -2.20. The molecule has 0 saturated carbocycles. The number of hydrogen-bond donors (Lipinski definition) is 1. The SMILES string of the molecule is COC(=O)[C@H](Cc1cccc(OCc2ccccc2)c1)NC(=O)C1c2ccccc2-c2ccccc21. The molecule has 0 heterocycles. The van der Waals surface area contributed by atoms with Crippen LogP contribution in [0.5, 0.6) is 5.75 Å². The number of hydrogen-bond acceptors (Lipinski definition) is 4. The first kappa shape index (κ1) is 23.4. The normalized spacial score (nSPS) is 12.8. The Labute approximate surface area is 210 Å². The van der Waals surface area contributed by atoms with E-state index in [-0.39, 0.29) is 12.3 Å². The zero-order valence-corrected chi connectivity index (χ0v) is 20.0. The Kier molecular flexibility index (Phi) is 6.80. The predicted octanol–water partition coefficient (Wildman–Crippen LogP) is 5.28. The number of nitrogens with one attached hydrogen (secondary N) is 1. The minimum Gasteiger partial charge on any atom is -0.489 e. The molecule has 0 radical (unpaired) electrons. The molecule has 5 heteroatoms. The van der Waals surface area contributed by atoms with E-state index in [0.717, 1.165) is 33.4 Å². The highest BCUT2D eigenvalue weighted by Gasteiger charge is 2.35. The van der Waals surface area contributed by atoms with Crippen molar-refractivity contribution in [3.63, 3.8) is 0 Å². The van der Waals surface area contributed by atoms with Crippen molar-refractivity contribution in [1.82, 2.24) is 5.32 Å². The second-order valence-electron chi connectivity index (χ2n) is 8.82. The largest absolute Gasteiger partial charge is 0.489 e. The van der Waals surface area contributed by atoms with Gasteiger partial charge in [-0.1, -0.05) is 91.0 Å². The van der Waals surface area contributed by atoms with Crippen molar-refractivity contribution in [2.75, 3.05) is 7.11 Å². The molecule has 0 unspecified atom stereocenters. The fourth-order valence-corrected chi connectivity index (χ4v) is 4.77. The van der Waals surface area contributed by atoms with E-state index in [9.17, 15) is 9.59 Å². The number of rotatable bonds is 8. The van der Waals surface area contributed by atoms with Gasteiger partial charge in [-0.15, -0.1) is 0 Å². The first-order valence-corrected chi connectivity index (χ1v) is 12.0. The van der Waals surface area contributed by atoms with Gasteiger partial charge < -0.3 is 14.8 Å². The Bertz CT molecular complexity index is 1340. The van der Waals surface area contributed by atoms with Crippen LogP contribution in [0.3, 0.4) is 0 Å². The van der Waals surface area contributed by atoms with Gasteiger partial charge in [0.05, 0.1) is 13.0 Å². The molecule has 0 bridgehead atoms. The topological polar surface area (TPSA) is 64.6 Å². The van der Waals surface area contributed by atoms with E-state index in [2.05, 4.69) is 5.32 Å². The minimum atomic E-state index is -0.827. The van der Waals surface area contributed by atoms with Crippen molar-refractivity contribution in [1.29, 1.82) is 0 Å². The maximum Gasteiger partial charge on any atom is 0.328 e. The monoisotopic (exact) mass is 477 g/mol. The van der Waals surface area contributed by atoms with Crippen LogP contribution in [0.15, 0.2) is 103 Å². The Morgan fingerprint density at radius 1 is 0.778 bits per heavy atom. The number of ether oxygens (including phenoxy) is 2. The lowest BCUT2D eigenvalue weighted by molar-refractivity contribution is -0.145. The van der Waals surface area contributed by atoms with Crippen LogP contribution >= 0.6 is 0 Å². The first-order valence-electron chi connectivity index (χ1n) is 12.0. The molecule has 4 aromatic rings. The highest BCUT2D eigenvalue weighted by Crippen LogP contribution is 2.44. The molecule has 1 aliphatic rings. The van der Waals surface area contributed by atoms with Gasteiger partial charge in [-0.05, 0) is 45.5 Å². The average Bonchev–Trinajstić information content (AvgIpc) is 3.26. The molecule has 1 amide bonds. The second kappa shape index (κ2) is 10.5. The van der Waals surface area contributed by atoms with Gasteiger partial charge in [-0.25, -0.2) is 4.79 Å². The molecule has 0 spiro atoms. The molecular weight excluding hydrogens is 450 g/mol. The molecule has 1 atom stereocenters. The Morgan fingerprint density at radius 3 is 2.06 bits per heavy atom. The number of esters is 1. The maximum atomic E-state index is 13.6. The van der Waals surface area contributed by atoms with E-state index in [1.54, 1.807) is 0 Å². The molecule has 0 saturated heterocycles. The van der Waals surface area contributed by atoms with Crippen LogP contribution in [-0.4, -0.2) is 25.0 Å². The maximum absolute atomic E-state index is 13.6. The first-order chi connectivity index (χ1) is 17.6. The number of amides is 1. The van der Waals surface area contributed by atoms with Crippen LogP contribution in [0.4, 0.5) is 0 Å². The van der Waals surface area contributed by atoms with E-state index in [1.807, 2.05) is 103 Å². The van der Waals surface area contributed by atoms with Crippen molar-refractivity contribution in [2.45, 2.75) is 25.0 Å². The second-order valence-corrected chi connectivity index (χ2v) is 8.82. The van der Waals surface area contributed by atoms with Gasteiger partial charge in [0, 0.05) is 6.42 Å². The van der Waals surface area contributed by atoms with Crippen molar-refractivity contribution >= 4 is 11.9 Å². The molecule has 4 aromatic carbocycles. The molecule has 0 fully saturated rings. The Hall–Kier alpha value is -4.38. The van der Waals surface area contributed by atoms with Crippen LogP contribution in [0.2, 0.25) is 0 Å². The number of fused-ring (bicyclic) bond motifs is 3.